The van der Waals surface area contributed by atoms with E-state index in [0.717, 1.165) is 6.42 Å². The summed E-state index contributed by atoms with van der Waals surface area (Å²) in [6, 6.07) is 10.2. The van der Waals surface area contributed by atoms with Gasteiger partial charge in [0.1, 0.15) is 0 Å². The Hall–Kier alpha value is -2.37. The number of carboxylic acid groups (broad SMARTS) is 1. The van der Waals surface area contributed by atoms with Crippen LogP contribution in [0.3, 0.4) is 0 Å². The first kappa shape index (κ1) is 18.4. The Morgan fingerprint density at radius 2 is 1.96 bits per heavy atom. The number of amides is 2. The van der Waals surface area contributed by atoms with E-state index in [4.69, 9.17) is 5.11 Å². The summed E-state index contributed by atoms with van der Waals surface area (Å²) < 4.78 is 0. The molecule has 6 heteroatoms. The zero-order valence-electron chi connectivity index (χ0n) is 15.1. The van der Waals surface area contributed by atoms with Crippen molar-refractivity contribution >= 4 is 17.8 Å². The molecule has 2 amide bonds. The van der Waals surface area contributed by atoms with Gasteiger partial charge in [0.15, 0.2) is 0 Å². The molecule has 1 unspecified atom stereocenters. The molecular formula is C20H26N2O4. The highest BCUT2D eigenvalue weighted by molar-refractivity contribution is 5.85. The van der Waals surface area contributed by atoms with Gasteiger partial charge in [-0.15, -0.1) is 0 Å². The first-order valence-electron chi connectivity index (χ1n) is 9.25. The number of hydrogen-bond donors (Lipinski definition) is 1. The predicted molar refractivity (Wildman–Crippen MR) is 96.5 cm³/mol. The molecule has 3 atom stereocenters. The molecule has 1 aliphatic carbocycles. The van der Waals surface area contributed by atoms with Crippen LogP contribution < -0.4 is 0 Å². The molecule has 1 aromatic rings. The summed E-state index contributed by atoms with van der Waals surface area (Å²) in [4.78, 5) is 39.0. The van der Waals surface area contributed by atoms with Gasteiger partial charge in [-0.2, -0.15) is 0 Å². The summed E-state index contributed by atoms with van der Waals surface area (Å²) in [5.41, 5.74) is 1.28. The topological polar surface area (TPSA) is 77.9 Å². The van der Waals surface area contributed by atoms with Crippen LogP contribution in [-0.2, 0) is 14.4 Å². The summed E-state index contributed by atoms with van der Waals surface area (Å²) >= 11 is 0. The fourth-order valence-corrected chi connectivity index (χ4v) is 3.76. The number of likely N-dealkylation sites (N-methyl/N-ethyl adjacent to an activating group) is 1. The highest BCUT2D eigenvalue weighted by Gasteiger charge is 2.40. The lowest BCUT2D eigenvalue weighted by molar-refractivity contribution is -0.147. The number of benzene rings is 1. The highest BCUT2D eigenvalue weighted by Crippen LogP contribution is 2.49. The number of carbonyl (C=O) groups excluding carboxylic acids is 2. The molecule has 6 nitrogen and oxygen atoms in total. The van der Waals surface area contributed by atoms with Crippen molar-refractivity contribution < 1.29 is 19.5 Å². The quantitative estimate of drug-likeness (QED) is 0.843. The molecule has 26 heavy (non-hydrogen) atoms. The summed E-state index contributed by atoms with van der Waals surface area (Å²) in [5, 5.41) is 9.13. The molecule has 0 spiro atoms. The zero-order chi connectivity index (χ0) is 18.7. The van der Waals surface area contributed by atoms with Crippen LogP contribution in [0.25, 0.3) is 0 Å². The van der Waals surface area contributed by atoms with Crippen molar-refractivity contribution in [2.24, 2.45) is 11.8 Å². The van der Waals surface area contributed by atoms with Gasteiger partial charge in [-0.25, -0.2) is 0 Å². The SMILES string of the molecule is CN(CC(=O)N1CCCC(C(=O)O)C1)C(=O)C[C@@H]1C[C@H]1c1ccccc1. The number of piperidine rings is 1. The molecule has 3 rings (SSSR count). The van der Waals surface area contributed by atoms with Crippen molar-refractivity contribution in [3.63, 3.8) is 0 Å². The number of aliphatic carboxylic acids is 1. The van der Waals surface area contributed by atoms with E-state index >= 15 is 0 Å². The van der Waals surface area contributed by atoms with E-state index in [-0.39, 0.29) is 24.9 Å². The average Bonchev–Trinajstić information content (AvgIpc) is 3.41. The summed E-state index contributed by atoms with van der Waals surface area (Å²) in [7, 11) is 1.65. The second-order valence-corrected chi connectivity index (χ2v) is 7.48. The first-order chi connectivity index (χ1) is 12.5. The van der Waals surface area contributed by atoms with Crippen molar-refractivity contribution in [2.45, 2.75) is 31.6 Å². The van der Waals surface area contributed by atoms with Gasteiger partial charge in [-0.1, -0.05) is 30.3 Å². The van der Waals surface area contributed by atoms with Gasteiger partial charge in [0.2, 0.25) is 11.8 Å². The predicted octanol–water partition coefficient (Wildman–Crippen LogP) is 1.96. The average molecular weight is 358 g/mol. The van der Waals surface area contributed by atoms with Gasteiger partial charge >= 0.3 is 5.97 Å². The van der Waals surface area contributed by atoms with Crippen LogP contribution in [0.1, 0.15) is 37.2 Å². The largest absolute Gasteiger partial charge is 0.481 e. The minimum Gasteiger partial charge on any atom is -0.481 e. The van der Waals surface area contributed by atoms with Crippen LogP contribution >= 0.6 is 0 Å². The van der Waals surface area contributed by atoms with E-state index in [2.05, 4.69) is 12.1 Å². The van der Waals surface area contributed by atoms with E-state index in [0.29, 0.717) is 37.6 Å². The van der Waals surface area contributed by atoms with Crippen LogP contribution in [-0.4, -0.2) is 59.4 Å². The molecule has 2 fully saturated rings. The third-order valence-corrected chi connectivity index (χ3v) is 5.51. The van der Waals surface area contributed by atoms with Crippen LogP contribution in [0.5, 0.6) is 0 Å². The molecule has 0 bridgehead atoms. The molecule has 2 aliphatic rings. The van der Waals surface area contributed by atoms with Crippen LogP contribution in [0.2, 0.25) is 0 Å². The van der Waals surface area contributed by atoms with Gasteiger partial charge in [0.25, 0.3) is 0 Å². The number of rotatable bonds is 6. The second-order valence-electron chi connectivity index (χ2n) is 7.48. The Bertz CT molecular complexity index is 676. The van der Waals surface area contributed by atoms with Crippen molar-refractivity contribution in [3.05, 3.63) is 35.9 Å². The monoisotopic (exact) mass is 358 g/mol. The van der Waals surface area contributed by atoms with E-state index in [1.54, 1.807) is 11.9 Å². The van der Waals surface area contributed by atoms with Gasteiger partial charge in [-0.05, 0) is 36.7 Å². The zero-order valence-corrected chi connectivity index (χ0v) is 15.1. The third kappa shape index (κ3) is 4.42. The van der Waals surface area contributed by atoms with Crippen LogP contribution in [0.4, 0.5) is 0 Å². The summed E-state index contributed by atoms with van der Waals surface area (Å²) in [6.07, 6.45) is 2.78. The van der Waals surface area contributed by atoms with Crippen molar-refractivity contribution in [1.82, 2.24) is 9.80 Å². The maximum absolute atomic E-state index is 12.4. The maximum Gasteiger partial charge on any atom is 0.308 e. The number of hydrogen-bond acceptors (Lipinski definition) is 3. The maximum atomic E-state index is 12.4. The lowest BCUT2D eigenvalue weighted by Crippen LogP contribution is -2.46. The highest BCUT2D eigenvalue weighted by atomic mass is 16.4. The number of carboxylic acids is 1. The van der Waals surface area contributed by atoms with Gasteiger partial charge in [-0.3, -0.25) is 14.4 Å². The Morgan fingerprint density at radius 3 is 2.65 bits per heavy atom. The number of likely N-dealkylation sites (tertiary alicyclic amines) is 1. The Kier molecular flexibility index (Phi) is 5.59. The number of carbonyl (C=O) groups is 3. The Morgan fingerprint density at radius 1 is 1.23 bits per heavy atom. The normalized spacial score (nSPS) is 24.8. The molecule has 1 saturated heterocycles. The lowest BCUT2D eigenvalue weighted by atomic mass is 9.98. The molecule has 0 radical (unpaired) electrons. The van der Waals surface area contributed by atoms with Crippen LogP contribution in [0.15, 0.2) is 30.3 Å². The molecule has 1 saturated carbocycles. The Balaban J connectivity index is 1.46. The summed E-state index contributed by atoms with van der Waals surface area (Å²) in [5.74, 6) is -0.730. The number of nitrogens with zero attached hydrogens (tertiary/aromatic N) is 2. The van der Waals surface area contributed by atoms with Gasteiger partial charge < -0.3 is 14.9 Å². The van der Waals surface area contributed by atoms with Gasteiger partial charge in [0, 0.05) is 26.6 Å². The van der Waals surface area contributed by atoms with E-state index in [9.17, 15) is 14.4 Å². The molecule has 1 N–H and O–H groups in total. The van der Waals surface area contributed by atoms with E-state index < -0.39 is 11.9 Å². The first-order valence-corrected chi connectivity index (χ1v) is 9.25. The standard InChI is InChI=1S/C20H26N2O4/c1-21(13-19(24)22-9-5-8-15(12-22)20(25)26)18(23)11-16-10-17(16)14-6-3-2-4-7-14/h2-4,6-7,15-17H,5,8-13H2,1H3,(H,25,26)/t15?,16-,17-/m0/s1. The summed E-state index contributed by atoms with van der Waals surface area (Å²) in [6.45, 7) is 0.839. The Labute approximate surface area is 153 Å². The van der Waals surface area contributed by atoms with E-state index in [1.807, 2.05) is 18.2 Å². The van der Waals surface area contributed by atoms with Crippen molar-refractivity contribution in [2.75, 3.05) is 26.7 Å². The molecule has 1 aromatic carbocycles. The smallest absolute Gasteiger partial charge is 0.308 e. The molecular weight excluding hydrogens is 332 g/mol. The molecule has 1 heterocycles. The van der Waals surface area contributed by atoms with E-state index in [1.165, 1.54) is 10.5 Å². The van der Waals surface area contributed by atoms with Gasteiger partial charge in [0.05, 0.1) is 12.5 Å². The minimum atomic E-state index is -0.854. The minimum absolute atomic E-state index is 0.0198. The van der Waals surface area contributed by atoms with Crippen molar-refractivity contribution in [3.8, 4) is 0 Å². The molecule has 0 aromatic heterocycles. The molecule has 1 aliphatic heterocycles. The molecule has 140 valence electrons. The van der Waals surface area contributed by atoms with Crippen LogP contribution in [0, 0.1) is 11.8 Å². The fourth-order valence-electron chi connectivity index (χ4n) is 3.76. The second kappa shape index (κ2) is 7.89. The lowest BCUT2D eigenvalue weighted by Gasteiger charge is -2.32. The van der Waals surface area contributed by atoms with Crippen molar-refractivity contribution in [1.29, 1.82) is 0 Å². The third-order valence-electron chi connectivity index (χ3n) is 5.51. The fraction of sp³-hybridized carbons (Fsp3) is 0.550.